The van der Waals surface area contributed by atoms with Gasteiger partial charge in [-0.3, -0.25) is 9.89 Å². The summed E-state index contributed by atoms with van der Waals surface area (Å²) in [6.45, 7) is 11.9. The Labute approximate surface area is 145 Å². The number of nitrogens with zero attached hydrogens (tertiary/aromatic N) is 3. The number of nitrogens with one attached hydrogen (secondary N) is 1. The lowest BCUT2D eigenvalue weighted by Crippen LogP contribution is -2.46. The fourth-order valence-electron chi connectivity index (χ4n) is 3.45. The molecule has 0 saturated carbocycles. The Balaban J connectivity index is 1.63. The van der Waals surface area contributed by atoms with E-state index < -0.39 is 0 Å². The highest BCUT2D eigenvalue weighted by molar-refractivity contribution is 5.80. The lowest BCUT2D eigenvalue weighted by Gasteiger charge is -2.33. The van der Waals surface area contributed by atoms with Gasteiger partial charge in [-0.25, -0.2) is 0 Å². The van der Waals surface area contributed by atoms with Gasteiger partial charge < -0.3 is 15.0 Å². The number of morpholine rings is 1. The van der Waals surface area contributed by atoms with Gasteiger partial charge in [-0.15, -0.1) is 0 Å². The molecule has 2 aliphatic rings. The summed E-state index contributed by atoms with van der Waals surface area (Å²) >= 11 is 0. The van der Waals surface area contributed by atoms with Crippen LogP contribution in [0.5, 0.6) is 0 Å². The van der Waals surface area contributed by atoms with E-state index >= 15 is 0 Å². The minimum absolute atomic E-state index is 0.458. The summed E-state index contributed by atoms with van der Waals surface area (Å²) in [6, 6.07) is 9.21. The molecule has 1 unspecified atom stereocenters. The average molecular weight is 330 g/mol. The molecule has 0 spiro atoms. The molecule has 2 aliphatic heterocycles. The smallest absolute Gasteiger partial charge is 0.194 e. The monoisotopic (exact) mass is 330 g/mol. The van der Waals surface area contributed by atoms with Crippen LogP contribution in [0.2, 0.25) is 0 Å². The first-order valence-corrected chi connectivity index (χ1v) is 9.19. The van der Waals surface area contributed by atoms with Crippen molar-refractivity contribution in [2.75, 3.05) is 45.9 Å². The zero-order valence-corrected chi connectivity index (χ0v) is 15.0. The van der Waals surface area contributed by atoms with Crippen molar-refractivity contribution in [2.24, 2.45) is 4.99 Å². The molecular formula is C19H30N4O. The van der Waals surface area contributed by atoms with Gasteiger partial charge in [-0.1, -0.05) is 24.3 Å². The highest BCUT2D eigenvalue weighted by atomic mass is 16.5. The number of rotatable bonds is 4. The first-order chi connectivity index (χ1) is 11.8. The minimum Gasteiger partial charge on any atom is -0.379 e. The Hall–Kier alpha value is -1.59. The van der Waals surface area contributed by atoms with Crippen LogP contribution in [0, 0.1) is 0 Å². The van der Waals surface area contributed by atoms with Crippen LogP contribution in [0.25, 0.3) is 0 Å². The van der Waals surface area contributed by atoms with Crippen LogP contribution in [0.3, 0.4) is 0 Å². The van der Waals surface area contributed by atoms with Gasteiger partial charge in [0.2, 0.25) is 0 Å². The minimum atomic E-state index is 0.458. The van der Waals surface area contributed by atoms with E-state index in [1.54, 1.807) is 0 Å². The van der Waals surface area contributed by atoms with Gasteiger partial charge in [0.1, 0.15) is 0 Å². The van der Waals surface area contributed by atoms with Gasteiger partial charge in [0, 0.05) is 38.8 Å². The summed E-state index contributed by atoms with van der Waals surface area (Å²) in [5.41, 5.74) is 2.90. The Kier molecular flexibility index (Phi) is 6.10. The molecule has 1 N–H and O–H groups in total. The summed E-state index contributed by atoms with van der Waals surface area (Å²) in [4.78, 5) is 9.80. The normalized spacial score (nSPS) is 20.6. The third-order valence-electron chi connectivity index (χ3n) is 4.94. The number of hydrogen-bond acceptors (Lipinski definition) is 3. The highest BCUT2D eigenvalue weighted by Gasteiger charge is 2.20. The molecular weight excluding hydrogens is 300 g/mol. The number of guanidine groups is 1. The fourth-order valence-corrected chi connectivity index (χ4v) is 3.45. The van der Waals surface area contributed by atoms with Crippen molar-refractivity contribution < 1.29 is 4.74 Å². The van der Waals surface area contributed by atoms with Crippen LogP contribution in [0.15, 0.2) is 29.3 Å². The largest absolute Gasteiger partial charge is 0.379 e. The third kappa shape index (κ3) is 4.28. The van der Waals surface area contributed by atoms with Crippen molar-refractivity contribution in [2.45, 2.75) is 32.9 Å². The SMILES string of the molecule is CCNC(=NCC(C)N1CCOCC1)N1CCc2ccccc2C1. The predicted octanol–water partition coefficient (Wildman–Crippen LogP) is 1.73. The number of hydrogen-bond donors (Lipinski definition) is 1. The van der Waals surface area contributed by atoms with Crippen molar-refractivity contribution in [1.29, 1.82) is 0 Å². The van der Waals surface area contributed by atoms with E-state index in [0.717, 1.165) is 64.9 Å². The lowest BCUT2D eigenvalue weighted by atomic mass is 10.0. The van der Waals surface area contributed by atoms with Gasteiger partial charge in [0.05, 0.1) is 19.8 Å². The maximum atomic E-state index is 5.44. The molecule has 0 aliphatic carbocycles. The van der Waals surface area contributed by atoms with E-state index in [1.807, 2.05) is 0 Å². The summed E-state index contributed by atoms with van der Waals surface area (Å²) in [5.74, 6) is 1.05. The average Bonchev–Trinajstić information content (AvgIpc) is 2.65. The number of ether oxygens (including phenoxy) is 1. The summed E-state index contributed by atoms with van der Waals surface area (Å²) < 4.78 is 5.44. The molecule has 0 radical (unpaired) electrons. The summed E-state index contributed by atoms with van der Waals surface area (Å²) in [6.07, 6.45) is 1.10. The first kappa shape index (κ1) is 17.2. The van der Waals surface area contributed by atoms with Crippen LogP contribution in [0.4, 0.5) is 0 Å². The second-order valence-electron chi connectivity index (χ2n) is 6.63. The Morgan fingerprint density at radius 1 is 1.21 bits per heavy atom. The maximum absolute atomic E-state index is 5.44. The molecule has 0 aromatic heterocycles. The Morgan fingerprint density at radius 3 is 2.71 bits per heavy atom. The van der Waals surface area contributed by atoms with E-state index in [4.69, 9.17) is 9.73 Å². The molecule has 5 heteroatoms. The second kappa shape index (κ2) is 8.49. The molecule has 1 atom stereocenters. The van der Waals surface area contributed by atoms with Crippen molar-refractivity contribution in [1.82, 2.24) is 15.1 Å². The number of benzene rings is 1. The number of fused-ring (bicyclic) bond motifs is 1. The van der Waals surface area contributed by atoms with Crippen molar-refractivity contribution >= 4 is 5.96 Å². The second-order valence-corrected chi connectivity index (χ2v) is 6.63. The molecule has 1 aromatic carbocycles. The van der Waals surface area contributed by atoms with Crippen LogP contribution in [0.1, 0.15) is 25.0 Å². The molecule has 1 fully saturated rings. The molecule has 0 amide bonds. The molecule has 2 heterocycles. The predicted molar refractivity (Wildman–Crippen MR) is 98.4 cm³/mol. The summed E-state index contributed by atoms with van der Waals surface area (Å²) in [7, 11) is 0. The van der Waals surface area contributed by atoms with E-state index in [1.165, 1.54) is 11.1 Å². The molecule has 0 bridgehead atoms. The topological polar surface area (TPSA) is 40.1 Å². The van der Waals surface area contributed by atoms with Gasteiger partial charge in [0.25, 0.3) is 0 Å². The maximum Gasteiger partial charge on any atom is 0.194 e. The molecule has 5 nitrogen and oxygen atoms in total. The standard InChI is InChI=1S/C19H30N4O/c1-3-20-19(21-14-16(2)22-10-12-24-13-11-22)23-9-8-17-6-4-5-7-18(17)15-23/h4-7,16H,3,8-15H2,1-2H3,(H,20,21). The van der Waals surface area contributed by atoms with E-state index in [0.29, 0.717) is 6.04 Å². The zero-order chi connectivity index (χ0) is 16.8. The lowest BCUT2D eigenvalue weighted by molar-refractivity contribution is 0.0220. The molecule has 1 saturated heterocycles. The third-order valence-corrected chi connectivity index (χ3v) is 4.94. The molecule has 1 aromatic rings. The van der Waals surface area contributed by atoms with Gasteiger partial charge in [-0.05, 0) is 31.4 Å². The van der Waals surface area contributed by atoms with Crippen molar-refractivity contribution in [3.63, 3.8) is 0 Å². The van der Waals surface area contributed by atoms with Gasteiger partial charge >= 0.3 is 0 Å². The first-order valence-electron chi connectivity index (χ1n) is 9.19. The highest BCUT2D eigenvalue weighted by Crippen LogP contribution is 2.18. The number of aliphatic imine (C=N–C) groups is 1. The molecule has 132 valence electrons. The van der Waals surface area contributed by atoms with Crippen LogP contribution in [-0.2, 0) is 17.7 Å². The summed E-state index contributed by atoms with van der Waals surface area (Å²) in [5, 5.41) is 3.47. The van der Waals surface area contributed by atoms with Crippen molar-refractivity contribution in [3.05, 3.63) is 35.4 Å². The van der Waals surface area contributed by atoms with E-state index in [9.17, 15) is 0 Å². The van der Waals surface area contributed by atoms with Gasteiger partial charge in [0.15, 0.2) is 5.96 Å². The molecule has 3 rings (SSSR count). The van der Waals surface area contributed by atoms with Crippen molar-refractivity contribution in [3.8, 4) is 0 Å². The van der Waals surface area contributed by atoms with Crippen LogP contribution < -0.4 is 5.32 Å². The van der Waals surface area contributed by atoms with Gasteiger partial charge in [-0.2, -0.15) is 0 Å². The quantitative estimate of drug-likeness (QED) is 0.674. The van der Waals surface area contributed by atoms with E-state index in [-0.39, 0.29) is 0 Å². The molecule has 24 heavy (non-hydrogen) atoms. The zero-order valence-electron chi connectivity index (χ0n) is 15.0. The van der Waals surface area contributed by atoms with Crippen LogP contribution in [-0.4, -0.2) is 67.7 Å². The fraction of sp³-hybridized carbons (Fsp3) is 0.632. The Bertz CT molecular complexity index is 554. The Morgan fingerprint density at radius 2 is 1.96 bits per heavy atom. The van der Waals surface area contributed by atoms with E-state index in [2.05, 4.69) is 53.2 Å². The van der Waals surface area contributed by atoms with Crippen LogP contribution >= 0.6 is 0 Å².